The summed E-state index contributed by atoms with van der Waals surface area (Å²) in [7, 11) is 1.80. The lowest BCUT2D eigenvalue weighted by molar-refractivity contribution is 0.177. The topological polar surface area (TPSA) is 63.0 Å². The zero-order valence-corrected chi connectivity index (χ0v) is 7.52. The van der Waals surface area contributed by atoms with Gasteiger partial charge in [-0.15, -0.1) is 5.10 Å². The van der Waals surface area contributed by atoms with Crippen molar-refractivity contribution in [1.29, 1.82) is 0 Å². The number of nitrogens with zero attached hydrogens (tertiary/aromatic N) is 3. The zero-order chi connectivity index (χ0) is 9.14. The number of hydrogen-bond acceptors (Lipinski definition) is 4. The van der Waals surface area contributed by atoms with Gasteiger partial charge in [0.25, 0.3) is 0 Å². The third-order valence-corrected chi connectivity index (χ3v) is 1.81. The Hall–Kier alpha value is -1.10. The molecule has 0 aliphatic rings. The van der Waals surface area contributed by atoms with E-state index in [1.165, 1.54) is 0 Å². The summed E-state index contributed by atoms with van der Waals surface area (Å²) in [5, 5.41) is 19.7. The van der Waals surface area contributed by atoms with Crippen molar-refractivity contribution in [2.75, 3.05) is 5.32 Å². The highest BCUT2D eigenvalue weighted by molar-refractivity contribution is 5.32. The minimum Gasteiger partial charge on any atom is -0.391 e. The number of hydrogen-bond donors (Lipinski definition) is 2. The largest absolute Gasteiger partial charge is 0.391 e. The Balaban J connectivity index is 2.58. The van der Waals surface area contributed by atoms with Crippen molar-refractivity contribution in [3.8, 4) is 0 Å². The first-order valence-corrected chi connectivity index (χ1v) is 3.90. The van der Waals surface area contributed by atoms with Crippen molar-refractivity contribution >= 4 is 5.82 Å². The molecule has 5 heteroatoms. The van der Waals surface area contributed by atoms with Gasteiger partial charge < -0.3 is 10.4 Å². The number of aryl methyl sites for hydroxylation is 1. The molecule has 68 valence electrons. The Morgan fingerprint density at radius 2 is 2.25 bits per heavy atom. The maximum Gasteiger partial charge on any atom is 0.144 e. The lowest BCUT2D eigenvalue weighted by Gasteiger charge is -2.16. The van der Waals surface area contributed by atoms with Gasteiger partial charge in [0, 0.05) is 7.05 Å². The second-order valence-corrected chi connectivity index (χ2v) is 2.92. The molecule has 1 aromatic heterocycles. The second kappa shape index (κ2) is 3.53. The van der Waals surface area contributed by atoms with Crippen LogP contribution in [0, 0.1) is 0 Å². The summed E-state index contributed by atoms with van der Waals surface area (Å²) in [5.74, 6) is 0.809. The summed E-state index contributed by atoms with van der Waals surface area (Å²) in [6, 6.07) is 0.00204. The van der Waals surface area contributed by atoms with Crippen LogP contribution in [0.5, 0.6) is 0 Å². The van der Waals surface area contributed by atoms with Gasteiger partial charge in [0.2, 0.25) is 0 Å². The Morgan fingerprint density at radius 3 is 2.67 bits per heavy atom. The monoisotopic (exact) mass is 170 g/mol. The average molecular weight is 170 g/mol. The highest BCUT2D eigenvalue weighted by Crippen LogP contribution is 2.05. The first-order valence-electron chi connectivity index (χ1n) is 3.90. The van der Waals surface area contributed by atoms with Crippen molar-refractivity contribution in [3.63, 3.8) is 0 Å². The van der Waals surface area contributed by atoms with Crippen LogP contribution in [0.3, 0.4) is 0 Å². The fraction of sp³-hybridized carbons (Fsp3) is 0.714. The number of aromatic nitrogens is 3. The van der Waals surface area contributed by atoms with Crippen molar-refractivity contribution in [3.05, 3.63) is 6.20 Å². The van der Waals surface area contributed by atoms with Gasteiger partial charge >= 0.3 is 0 Å². The van der Waals surface area contributed by atoms with Crippen LogP contribution in [0.4, 0.5) is 5.82 Å². The molecule has 2 N–H and O–H groups in total. The predicted molar refractivity (Wildman–Crippen MR) is 45.8 cm³/mol. The average Bonchev–Trinajstić information content (AvgIpc) is 2.36. The summed E-state index contributed by atoms with van der Waals surface area (Å²) in [4.78, 5) is 0. The first kappa shape index (κ1) is 8.99. The van der Waals surface area contributed by atoms with Gasteiger partial charge in [-0.05, 0) is 13.8 Å². The van der Waals surface area contributed by atoms with E-state index in [-0.39, 0.29) is 12.1 Å². The Morgan fingerprint density at radius 1 is 1.58 bits per heavy atom. The standard InChI is InChI=1S/C7H14N4O/c1-5(6(2)12)9-7-4-8-10-11(7)3/h4-6,9,12H,1-3H3. The molecule has 2 unspecified atom stereocenters. The zero-order valence-electron chi connectivity index (χ0n) is 7.52. The minimum absolute atomic E-state index is 0.00204. The molecule has 12 heavy (non-hydrogen) atoms. The molecule has 2 atom stereocenters. The molecule has 0 aliphatic carbocycles. The van der Waals surface area contributed by atoms with Crippen LogP contribution in [0.2, 0.25) is 0 Å². The van der Waals surface area contributed by atoms with E-state index in [1.807, 2.05) is 6.92 Å². The Kier molecular flexibility index (Phi) is 2.65. The van der Waals surface area contributed by atoms with Crippen LogP contribution in [0.15, 0.2) is 6.20 Å². The maximum atomic E-state index is 9.20. The molecule has 0 saturated carbocycles. The van der Waals surface area contributed by atoms with E-state index in [9.17, 15) is 5.11 Å². The van der Waals surface area contributed by atoms with Crippen LogP contribution in [-0.4, -0.2) is 32.2 Å². The van der Waals surface area contributed by atoms with Gasteiger partial charge in [-0.3, -0.25) is 0 Å². The molecule has 1 heterocycles. The van der Waals surface area contributed by atoms with Crippen LogP contribution < -0.4 is 5.32 Å². The summed E-state index contributed by atoms with van der Waals surface area (Å²) < 4.78 is 1.62. The first-order chi connectivity index (χ1) is 5.61. The van der Waals surface area contributed by atoms with Crippen LogP contribution in [0.1, 0.15) is 13.8 Å². The number of rotatable bonds is 3. The minimum atomic E-state index is -0.389. The number of nitrogens with one attached hydrogen (secondary N) is 1. The highest BCUT2D eigenvalue weighted by atomic mass is 16.3. The van der Waals surface area contributed by atoms with E-state index < -0.39 is 0 Å². The molecule has 1 aromatic rings. The van der Waals surface area contributed by atoms with Crippen LogP contribution >= 0.6 is 0 Å². The summed E-state index contributed by atoms with van der Waals surface area (Å²) in [6.07, 6.45) is 1.23. The van der Waals surface area contributed by atoms with E-state index in [0.29, 0.717) is 0 Å². The van der Waals surface area contributed by atoms with E-state index in [0.717, 1.165) is 5.82 Å². The Labute approximate surface area is 71.4 Å². The number of aliphatic hydroxyl groups is 1. The molecule has 5 nitrogen and oxygen atoms in total. The van der Waals surface area contributed by atoms with E-state index >= 15 is 0 Å². The summed E-state index contributed by atoms with van der Waals surface area (Å²) in [6.45, 7) is 3.64. The van der Waals surface area contributed by atoms with Gasteiger partial charge in [-0.25, -0.2) is 4.68 Å². The fourth-order valence-corrected chi connectivity index (χ4v) is 0.774. The Bertz CT molecular complexity index is 245. The maximum absolute atomic E-state index is 9.20. The molecular formula is C7H14N4O. The molecular weight excluding hydrogens is 156 g/mol. The van der Waals surface area contributed by atoms with Crippen molar-refractivity contribution in [2.45, 2.75) is 26.0 Å². The molecule has 0 fully saturated rings. The molecule has 0 spiro atoms. The normalized spacial score (nSPS) is 15.7. The van der Waals surface area contributed by atoms with Crippen LogP contribution in [-0.2, 0) is 7.05 Å². The van der Waals surface area contributed by atoms with Crippen LogP contribution in [0.25, 0.3) is 0 Å². The van der Waals surface area contributed by atoms with Crippen molar-refractivity contribution in [1.82, 2.24) is 15.0 Å². The van der Waals surface area contributed by atoms with Gasteiger partial charge in [0.05, 0.1) is 18.3 Å². The third-order valence-electron chi connectivity index (χ3n) is 1.81. The van der Waals surface area contributed by atoms with E-state index in [1.54, 1.807) is 24.9 Å². The molecule has 0 radical (unpaired) electrons. The van der Waals surface area contributed by atoms with Crippen molar-refractivity contribution in [2.24, 2.45) is 7.05 Å². The summed E-state index contributed by atoms with van der Waals surface area (Å²) >= 11 is 0. The number of aliphatic hydroxyl groups excluding tert-OH is 1. The molecule has 0 aliphatic heterocycles. The molecule has 1 rings (SSSR count). The molecule has 0 bridgehead atoms. The smallest absolute Gasteiger partial charge is 0.144 e. The van der Waals surface area contributed by atoms with Gasteiger partial charge in [-0.1, -0.05) is 5.21 Å². The predicted octanol–water partition coefficient (Wildman–Crippen LogP) is -0.00370. The fourth-order valence-electron chi connectivity index (χ4n) is 0.774. The SMILES string of the molecule is CC(O)C(C)Nc1cnnn1C. The molecule has 0 aromatic carbocycles. The molecule has 0 saturated heterocycles. The van der Waals surface area contributed by atoms with Gasteiger partial charge in [0.1, 0.15) is 5.82 Å². The highest BCUT2D eigenvalue weighted by Gasteiger charge is 2.09. The van der Waals surface area contributed by atoms with Gasteiger partial charge in [-0.2, -0.15) is 0 Å². The van der Waals surface area contributed by atoms with E-state index in [4.69, 9.17) is 0 Å². The molecule has 0 amide bonds. The second-order valence-electron chi connectivity index (χ2n) is 2.92. The summed E-state index contributed by atoms with van der Waals surface area (Å²) in [5.41, 5.74) is 0. The lowest BCUT2D eigenvalue weighted by atomic mass is 10.2. The van der Waals surface area contributed by atoms with E-state index in [2.05, 4.69) is 15.6 Å². The number of anilines is 1. The lowest BCUT2D eigenvalue weighted by Crippen LogP contribution is -2.28. The van der Waals surface area contributed by atoms with Crippen molar-refractivity contribution < 1.29 is 5.11 Å². The van der Waals surface area contributed by atoms with Gasteiger partial charge in [0.15, 0.2) is 0 Å². The third kappa shape index (κ3) is 1.94. The quantitative estimate of drug-likeness (QED) is 0.670.